The van der Waals surface area contributed by atoms with Gasteiger partial charge in [-0.1, -0.05) is 45.0 Å². The Morgan fingerprint density at radius 2 is 1.36 bits per heavy atom. The Balaban J connectivity index is 0.632. The Labute approximate surface area is 673 Å². The number of aromatic nitrogens is 3. The SMILES string of the molecule is CC[C@@]1(O)C(=O)OCc2c1cc1n(c2=O)Cc2c-1nc1ccccc1c2CCN(C(=O)OCc1ccc(NC(=O)[C@H](C)NC(=O)[C@@H](NC(=O)CCOCCOCCOCCOCCNC(=O)[C@H](CCC(=O)O)NC(=O)CCC(=O)Nc2ccc3c(c2)c2c(n3C)CN(C)N(C)C2)C(C)C)c(O[C@@H]2O[C@H](C(=O)O)[C@@H](O)[C@H](O)[C@H]2O)c1)C(C)C. The number of hydrogen-bond acceptors (Lipinski definition) is 26. The highest BCUT2D eigenvalue weighted by atomic mass is 16.7. The van der Waals surface area contributed by atoms with E-state index in [9.17, 15) is 83.4 Å². The molecule has 3 aromatic heterocycles. The summed E-state index contributed by atoms with van der Waals surface area (Å²) in [6.45, 7) is 12.0. The lowest BCUT2D eigenvalue weighted by molar-refractivity contribution is -0.271. The fourth-order valence-electron chi connectivity index (χ4n) is 14.2. The number of carboxylic acid groups (broad SMARTS) is 2. The van der Waals surface area contributed by atoms with E-state index < -0.39 is 138 Å². The van der Waals surface area contributed by atoms with Crippen molar-refractivity contribution in [2.75, 3.05) is 90.7 Å². The number of para-hydroxylation sites is 1. The van der Waals surface area contributed by atoms with Gasteiger partial charge in [-0.25, -0.2) is 29.4 Å². The first-order valence-corrected chi connectivity index (χ1v) is 38.8. The molecule has 10 rings (SSSR count). The number of cyclic esters (lactones) is 1. The molecule has 37 nitrogen and oxygen atoms in total. The maximum atomic E-state index is 14.2. The molecule has 1 saturated heterocycles. The number of rotatable bonds is 40. The molecule has 0 spiro atoms. The Bertz CT molecular complexity index is 4720. The van der Waals surface area contributed by atoms with E-state index in [0.29, 0.717) is 34.7 Å². The van der Waals surface area contributed by atoms with Crippen LogP contribution in [0.3, 0.4) is 0 Å². The summed E-state index contributed by atoms with van der Waals surface area (Å²) in [4.78, 5) is 151. The molecular formula is C80H104N12O25. The third-order valence-electron chi connectivity index (χ3n) is 21.0. The molecule has 4 aliphatic heterocycles. The summed E-state index contributed by atoms with van der Waals surface area (Å²) in [5, 5.41) is 84.7. The van der Waals surface area contributed by atoms with Crippen molar-refractivity contribution in [3.05, 3.63) is 116 Å². The summed E-state index contributed by atoms with van der Waals surface area (Å²) < 4.78 is 48.4. The van der Waals surface area contributed by atoms with E-state index in [2.05, 4.69) is 46.5 Å². The van der Waals surface area contributed by atoms with Crippen molar-refractivity contribution >= 4 is 92.6 Å². The summed E-state index contributed by atoms with van der Waals surface area (Å²) >= 11 is 0. The highest BCUT2D eigenvalue weighted by Crippen LogP contribution is 2.41. The second-order valence-electron chi connectivity index (χ2n) is 29.8. The maximum absolute atomic E-state index is 14.2. The largest absolute Gasteiger partial charge is 0.481 e. The van der Waals surface area contributed by atoms with E-state index in [1.54, 1.807) is 46.8 Å². The van der Waals surface area contributed by atoms with Gasteiger partial charge in [0, 0.05) is 111 Å². The van der Waals surface area contributed by atoms with Gasteiger partial charge in [0.2, 0.25) is 41.7 Å². The molecule has 12 N–H and O–H groups in total. The van der Waals surface area contributed by atoms with Crippen molar-refractivity contribution in [1.29, 1.82) is 0 Å². The van der Waals surface area contributed by atoms with Crippen LogP contribution in [-0.2, 0) is 128 Å². The van der Waals surface area contributed by atoms with E-state index in [1.165, 1.54) is 45.8 Å². The van der Waals surface area contributed by atoms with Crippen molar-refractivity contribution in [3.8, 4) is 17.1 Å². The zero-order valence-electron chi connectivity index (χ0n) is 66.8. The smallest absolute Gasteiger partial charge is 0.410 e. The molecule has 0 unspecified atom stereocenters. The third kappa shape index (κ3) is 21.6. The van der Waals surface area contributed by atoms with Crippen molar-refractivity contribution in [3.63, 3.8) is 0 Å². The van der Waals surface area contributed by atoms with Gasteiger partial charge in [-0.05, 0) is 105 Å². The molecule has 634 valence electrons. The number of amides is 7. The number of esters is 1. The van der Waals surface area contributed by atoms with Gasteiger partial charge in [0.15, 0.2) is 11.7 Å². The Hall–Kier alpha value is -10.6. The first-order chi connectivity index (χ1) is 55.8. The van der Waals surface area contributed by atoms with Gasteiger partial charge < -0.3 is 114 Å². The standard InChI is InChI=1S/C80H104N12O25/c1-10-80(109)54-37-59-67-52(39-92(59)75(104)53(54)42-114-78(80)107)48(49-13-11-12-14-55(49)85-67)23-26-91(44(4)5)79(108)115-41-46-15-17-56(61(35-46)116-77-70(100)68(98)69(99)71(117-77)76(105)106)86-72(101)45(6)82-74(103)66(43(2)3)87-64(95)24-27-110-29-31-112-33-34-113-32-30-111-28-25-81-73(102)57(18-22-65(96)97)84-63(94)21-20-62(93)83-47-16-19-58-50(36-47)51-38-88(7)89(8)40-60(51)90(58)9/h11-17,19,35-37,43-45,57,66,68-71,77,98-100,109H,10,18,20-34,38-42H2,1-9H3,(H,81,102)(H,82,103)(H,83,93)(H,84,94)(H,86,101)(H,87,95)(H,96,97)(H,105,106)/t45-,57-,66-,68-,69-,70+,71-,77+,80-/m0/s1. The predicted octanol–water partition coefficient (Wildman–Crippen LogP) is 2.15. The van der Waals surface area contributed by atoms with Crippen LogP contribution in [0.25, 0.3) is 33.2 Å². The lowest BCUT2D eigenvalue weighted by Crippen LogP contribution is -2.61. The number of nitrogens with zero attached hydrogens (tertiary/aromatic N) is 6. The van der Waals surface area contributed by atoms with Crippen molar-refractivity contribution < 1.29 is 116 Å². The number of nitrogens with one attached hydrogen (secondary N) is 6. The fourth-order valence-corrected chi connectivity index (χ4v) is 14.2. The second kappa shape index (κ2) is 40.0. The van der Waals surface area contributed by atoms with Crippen LogP contribution in [0.1, 0.15) is 119 Å². The zero-order chi connectivity index (χ0) is 84.7. The van der Waals surface area contributed by atoms with Crippen LogP contribution in [-0.4, -0.2) is 254 Å². The number of aliphatic carboxylic acids is 2. The molecule has 1 fully saturated rings. The summed E-state index contributed by atoms with van der Waals surface area (Å²) in [6.07, 6.45) is -11.9. The number of carbonyl (C=O) groups excluding carboxylic acids is 8. The number of pyridine rings is 2. The number of benzene rings is 3. The average molecular weight is 1630 g/mol. The Morgan fingerprint density at radius 1 is 0.684 bits per heavy atom. The number of ether oxygens (including phenoxy) is 8. The molecule has 7 heterocycles. The summed E-state index contributed by atoms with van der Waals surface area (Å²) in [7, 11) is 6.04. The van der Waals surface area contributed by atoms with Gasteiger partial charge in [-0.2, -0.15) is 0 Å². The first kappa shape index (κ1) is 88.8. The molecule has 6 aromatic rings. The molecular weight excluding hydrogens is 1530 g/mol. The third-order valence-corrected chi connectivity index (χ3v) is 21.0. The van der Waals surface area contributed by atoms with Gasteiger partial charge in [0.05, 0.1) is 94.1 Å². The molecule has 7 amide bonds. The quantitative estimate of drug-likeness (QED) is 0.0193. The maximum Gasteiger partial charge on any atom is 0.410 e. The highest BCUT2D eigenvalue weighted by Gasteiger charge is 2.49. The topological polar surface area (TPSA) is 488 Å². The summed E-state index contributed by atoms with van der Waals surface area (Å²) in [5.74, 6) is -8.17. The summed E-state index contributed by atoms with van der Waals surface area (Å²) in [6, 6.07) is 14.7. The van der Waals surface area contributed by atoms with Crippen LogP contribution in [0.2, 0.25) is 0 Å². The van der Waals surface area contributed by atoms with Crippen molar-refractivity contribution in [1.82, 2.24) is 50.3 Å². The number of aliphatic hydroxyl groups is 4. The molecule has 4 aliphatic rings. The van der Waals surface area contributed by atoms with Gasteiger partial charge in [0.25, 0.3) is 5.56 Å². The van der Waals surface area contributed by atoms with Gasteiger partial charge in [0.1, 0.15) is 55.4 Å². The number of fused-ring (bicyclic) bond motifs is 8. The Kier molecular flexibility index (Phi) is 30.4. The molecule has 117 heavy (non-hydrogen) atoms. The number of hydrazine groups is 1. The van der Waals surface area contributed by atoms with E-state index >= 15 is 0 Å². The van der Waals surface area contributed by atoms with Crippen LogP contribution in [0.5, 0.6) is 5.75 Å². The van der Waals surface area contributed by atoms with Crippen LogP contribution >= 0.6 is 0 Å². The number of carboxylic acids is 2. The molecule has 0 saturated carbocycles. The molecule has 0 bridgehead atoms. The zero-order valence-corrected chi connectivity index (χ0v) is 66.8. The van der Waals surface area contributed by atoms with Crippen molar-refractivity contribution in [2.24, 2.45) is 13.0 Å². The minimum atomic E-state index is -2.08. The van der Waals surface area contributed by atoms with Crippen LogP contribution < -0.4 is 42.2 Å². The highest BCUT2D eigenvalue weighted by molar-refractivity contribution is 6.00. The van der Waals surface area contributed by atoms with Gasteiger partial charge in [-0.3, -0.25) is 38.4 Å². The number of aryl methyl sites for hydroxylation is 1. The predicted molar refractivity (Wildman–Crippen MR) is 418 cm³/mol. The number of anilines is 2. The molecule has 3 aromatic carbocycles. The fraction of sp³-hybridized carbons (Fsp3) is 0.525. The Morgan fingerprint density at radius 3 is 2.04 bits per heavy atom. The van der Waals surface area contributed by atoms with Crippen LogP contribution in [0.15, 0.2) is 71.5 Å². The first-order valence-electron chi connectivity index (χ1n) is 38.8. The van der Waals surface area contributed by atoms with Crippen LogP contribution in [0, 0.1) is 5.92 Å². The van der Waals surface area contributed by atoms with E-state index in [-0.39, 0.29) is 152 Å². The monoisotopic (exact) mass is 1630 g/mol. The molecule has 9 atom stereocenters. The van der Waals surface area contributed by atoms with Crippen LogP contribution in [0.4, 0.5) is 16.2 Å². The normalized spacial score (nSPS) is 19.1. The molecule has 0 aliphatic carbocycles. The van der Waals surface area contributed by atoms with Gasteiger partial charge >= 0.3 is 24.0 Å². The van der Waals surface area contributed by atoms with E-state index in [4.69, 9.17) is 42.9 Å². The van der Waals surface area contributed by atoms with Crippen molar-refractivity contribution in [2.45, 2.75) is 180 Å². The lowest BCUT2D eigenvalue weighted by atomic mass is 9.86. The number of hydrogen-bond donors (Lipinski definition) is 12. The number of aliphatic hydroxyl groups excluding tert-OH is 3. The lowest BCUT2D eigenvalue weighted by Gasteiger charge is -2.38. The molecule has 0 radical (unpaired) electrons. The minimum Gasteiger partial charge on any atom is -0.481 e. The van der Waals surface area contributed by atoms with E-state index in [1.807, 2.05) is 57.5 Å². The summed E-state index contributed by atoms with van der Waals surface area (Å²) in [5.41, 5.74) is 4.93. The van der Waals surface area contributed by atoms with E-state index in [0.717, 1.165) is 28.4 Å². The average Bonchev–Trinajstić information content (AvgIpc) is 1.59. The number of carbonyl (C=O) groups is 10. The molecule has 37 heteroatoms. The second-order valence-corrected chi connectivity index (χ2v) is 29.8. The minimum absolute atomic E-state index is 0.0337. The van der Waals surface area contributed by atoms with Gasteiger partial charge in [-0.15, -0.1) is 0 Å².